The molecule has 1 N–H and O–H groups in total. The van der Waals surface area contributed by atoms with Crippen molar-refractivity contribution in [3.63, 3.8) is 0 Å². The lowest BCUT2D eigenvalue weighted by Crippen LogP contribution is -2.37. The minimum atomic E-state index is -0.109. The molecular formula is C16H26N4O2. The summed E-state index contributed by atoms with van der Waals surface area (Å²) in [5, 5.41) is 2.94. The third-order valence-electron chi connectivity index (χ3n) is 3.91. The molecular weight excluding hydrogens is 280 g/mol. The van der Waals surface area contributed by atoms with E-state index in [9.17, 15) is 4.79 Å². The van der Waals surface area contributed by atoms with Crippen molar-refractivity contribution in [1.82, 2.24) is 15.2 Å². The second kappa shape index (κ2) is 8.70. The van der Waals surface area contributed by atoms with Crippen molar-refractivity contribution in [2.24, 2.45) is 0 Å². The molecule has 0 spiro atoms. The van der Waals surface area contributed by atoms with E-state index in [-0.39, 0.29) is 5.91 Å². The molecule has 1 saturated heterocycles. The summed E-state index contributed by atoms with van der Waals surface area (Å²) >= 11 is 0. The van der Waals surface area contributed by atoms with Gasteiger partial charge < -0.3 is 19.9 Å². The van der Waals surface area contributed by atoms with Crippen LogP contribution in [-0.2, 0) is 4.74 Å². The van der Waals surface area contributed by atoms with Gasteiger partial charge in [-0.1, -0.05) is 19.9 Å². The summed E-state index contributed by atoms with van der Waals surface area (Å²) in [6, 6.07) is 5.59. The maximum Gasteiger partial charge on any atom is 0.270 e. The predicted molar refractivity (Wildman–Crippen MR) is 87.4 cm³/mol. The van der Waals surface area contributed by atoms with E-state index in [2.05, 4.69) is 33.9 Å². The van der Waals surface area contributed by atoms with Crippen LogP contribution in [0.2, 0.25) is 0 Å². The number of amides is 1. The smallest absolute Gasteiger partial charge is 0.270 e. The van der Waals surface area contributed by atoms with E-state index in [1.165, 1.54) is 0 Å². The van der Waals surface area contributed by atoms with Crippen molar-refractivity contribution in [1.29, 1.82) is 0 Å². The van der Waals surface area contributed by atoms with Crippen molar-refractivity contribution in [2.45, 2.75) is 13.8 Å². The first-order chi connectivity index (χ1) is 10.7. The number of hydrogen-bond acceptors (Lipinski definition) is 5. The molecule has 2 rings (SSSR count). The number of rotatable bonds is 7. The van der Waals surface area contributed by atoms with Crippen molar-refractivity contribution < 1.29 is 9.53 Å². The van der Waals surface area contributed by atoms with E-state index in [0.29, 0.717) is 25.5 Å². The maximum atomic E-state index is 12.2. The van der Waals surface area contributed by atoms with E-state index < -0.39 is 0 Å². The number of pyridine rings is 1. The molecule has 1 fully saturated rings. The summed E-state index contributed by atoms with van der Waals surface area (Å²) in [7, 11) is 0. The van der Waals surface area contributed by atoms with E-state index in [0.717, 1.165) is 38.5 Å². The van der Waals surface area contributed by atoms with E-state index in [4.69, 9.17) is 4.74 Å². The summed E-state index contributed by atoms with van der Waals surface area (Å²) in [6.07, 6.45) is 0. The molecule has 1 aliphatic heterocycles. The number of aromatic nitrogens is 1. The molecule has 0 atom stereocenters. The number of nitrogens with one attached hydrogen (secondary N) is 1. The van der Waals surface area contributed by atoms with Gasteiger partial charge in [-0.05, 0) is 25.2 Å². The van der Waals surface area contributed by atoms with Crippen molar-refractivity contribution in [3.8, 4) is 0 Å². The topological polar surface area (TPSA) is 57.7 Å². The van der Waals surface area contributed by atoms with Crippen LogP contribution in [0.5, 0.6) is 0 Å². The lowest BCUT2D eigenvalue weighted by atomic mass is 10.3. The Kier molecular flexibility index (Phi) is 6.61. The Hall–Kier alpha value is -1.66. The molecule has 122 valence electrons. The maximum absolute atomic E-state index is 12.2. The highest BCUT2D eigenvalue weighted by molar-refractivity contribution is 5.92. The SMILES string of the molecule is CCN(CC)CCNC(=O)c1cccc(N2CCOCC2)n1. The zero-order valence-electron chi connectivity index (χ0n) is 13.5. The van der Waals surface area contributed by atoms with Crippen LogP contribution in [0.15, 0.2) is 18.2 Å². The lowest BCUT2D eigenvalue weighted by molar-refractivity contribution is 0.0944. The first-order valence-corrected chi connectivity index (χ1v) is 8.05. The van der Waals surface area contributed by atoms with Crippen molar-refractivity contribution >= 4 is 11.7 Å². The van der Waals surface area contributed by atoms with Crippen LogP contribution in [0.1, 0.15) is 24.3 Å². The molecule has 22 heavy (non-hydrogen) atoms. The fourth-order valence-electron chi connectivity index (χ4n) is 2.48. The normalized spacial score (nSPS) is 15.1. The second-order valence-electron chi connectivity index (χ2n) is 5.26. The quantitative estimate of drug-likeness (QED) is 0.814. The highest BCUT2D eigenvalue weighted by atomic mass is 16.5. The van der Waals surface area contributed by atoms with Gasteiger partial charge in [0, 0.05) is 26.2 Å². The summed E-state index contributed by atoms with van der Waals surface area (Å²) in [5.74, 6) is 0.738. The Morgan fingerprint density at radius 1 is 1.32 bits per heavy atom. The van der Waals surface area contributed by atoms with Crippen LogP contribution in [0.4, 0.5) is 5.82 Å². The third-order valence-corrected chi connectivity index (χ3v) is 3.91. The fourth-order valence-corrected chi connectivity index (χ4v) is 2.48. The van der Waals surface area contributed by atoms with Crippen LogP contribution in [0, 0.1) is 0 Å². The van der Waals surface area contributed by atoms with Crippen LogP contribution < -0.4 is 10.2 Å². The van der Waals surface area contributed by atoms with Gasteiger partial charge in [-0.25, -0.2) is 4.98 Å². The van der Waals surface area contributed by atoms with Gasteiger partial charge in [0.1, 0.15) is 11.5 Å². The predicted octanol–water partition coefficient (Wildman–Crippen LogP) is 0.990. The van der Waals surface area contributed by atoms with Crippen LogP contribution in [-0.4, -0.2) is 68.3 Å². The summed E-state index contributed by atoms with van der Waals surface area (Å²) < 4.78 is 5.34. The first kappa shape index (κ1) is 16.7. The monoisotopic (exact) mass is 306 g/mol. The zero-order valence-corrected chi connectivity index (χ0v) is 13.5. The molecule has 6 heteroatoms. The Morgan fingerprint density at radius 3 is 2.73 bits per heavy atom. The van der Waals surface area contributed by atoms with E-state index in [1.807, 2.05) is 12.1 Å². The molecule has 0 radical (unpaired) electrons. The van der Waals surface area contributed by atoms with Crippen LogP contribution in [0.3, 0.4) is 0 Å². The molecule has 6 nitrogen and oxygen atoms in total. The Bertz CT molecular complexity index is 471. The average molecular weight is 306 g/mol. The standard InChI is InChI=1S/C16H26N4O2/c1-3-19(4-2)9-8-17-16(21)14-6-5-7-15(18-14)20-10-12-22-13-11-20/h5-7H,3-4,8-13H2,1-2H3,(H,17,21). The van der Waals surface area contributed by atoms with Gasteiger partial charge in [-0.3, -0.25) is 4.79 Å². The van der Waals surface area contributed by atoms with Gasteiger partial charge in [0.2, 0.25) is 0 Å². The van der Waals surface area contributed by atoms with Crippen LogP contribution in [0.25, 0.3) is 0 Å². The molecule has 1 aromatic heterocycles. The number of morpholine rings is 1. The number of carbonyl (C=O) groups is 1. The highest BCUT2D eigenvalue weighted by Crippen LogP contribution is 2.13. The van der Waals surface area contributed by atoms with Crippen molar-refractivity contribution in [3.05, 3.63) is 23.9 Å². The number of hydrogen-bond donors (Lipinski definition) is 1. The number of nitrogens with zero attached hydrogens (tertiary/aromatic N) is 3. The highest BCUT2D eigenvalue weighted by Gasteiger charge is 2.14. The van der Waals surface area contributed by atoms with Gasteiger partial charge in [-0.15, -0.1) is 0 Å². The van der Waals surface area contributed by atoms with Gasteiger partial charge in [0.15, 0.2) is 0 Å². The number of anilines is 1. The molecule has 1 aromatic rings. The van der Waals surface area contributed by atoms with Crippen LogP contribution >= 0.6 is 0 Å². The molecule has 1 amide bonds. The first-order valence-electron chi connectivity index (χ1n) is 8.05. The molecule has 0 unspecified atom stereocenters. The molecule has 0 bridgehead atoms. The largest absolute Gasteiger partial charge is 0.378 e. The molecule has 2 heterocycles. The van der Waals surface area contributed by atoms with Gasteiger partial charge in [0.05, 0.1) is 13.2 Å². The Balaban J connectivity index is 1.89. The minimum Gasteiger partial charge on any atom is -0.378 e. The molecule has 0 aliphatic carbocycles. The summed E-state index contributed by atoms with van der Waals surface area (Å²) in [4.78, 5) is 21.1. The fraction of sp³-hybridized carbons (Fsp3) is 0.625. The molecule has 1 aliphatic rings. The van der Waals surface area contributed by atoms with Gasteiger partial charge in [-0.2, -0.15) is 0 Å². The lowest BCUT2D eigenvalue weighted by Gasteiger charge is -2.27. The van der Waals surface area contributed by atoms with Gasteiger partial charge in [0.25, 0.3) is 5.91 Å². The summed E-state index contributed by atoms with van der Waals surface area (Å²) in [5.41, 5.74) is 0.475. The molecule has 0 aromatic carbocycles. The summed E-state index contributed by atoms with van der Waals surface area (Å²) in [6.45, 7) is 10.8. The van der Waals surface area contributed by atoms with Crippen molar-refractivity contribution in [2.75, 3.05) is 57.4 Å². The minimum absolute atomic E-state index is 0.109. The number of carbonyl (C=O) groups excluding carboxylic acids is 1. The number of ether oxygens (including phenoxy) is 1. The zero-order chi connectivity index (χ0) is 15.8. The Morgan fingerprint density at radius 2 is 2.05 bits per heavy atom. The van der Waals surface area contributed by atoms with Gasteiger partial charge >= 0.3 is 0 Å². The second-order valence-corrected chi connectivity index (χ2v) is 5.26. The number of likely N-dealkylation sites (N-methyl/N-ethyl adjacent to an activating group) is 1. The molecule has 0 saturated carbocycles. The van der Waals surface area contributed by atoms with E-state index in [1.54, 1.807) is 6.07 Å². The average Bonchev–Trinajstić information content (AvgIpc) is 2.59. The Labute approximate surface area is 132 Å². The third kappa shape index (κ3) is 4.68. The van der Waals surface area contributed by atoms with E-state index >= 15 is 0 Å².